The summed E-state index contributed by atoms with van der Waals surface area (Å²) < 4.78 is 6.11. The highest BCUT2D eigenvalue weighted by molar-refractivity contribution is 9.10. The van der Waals surface area contributed by atoms with Gasteiger partial charge in [0.05, 0.1) is 12.3 Å². The van der Waals surface area contributed by atoms with Gasteiger partial charge < -0.3 is 4.42 Å². The van der Waals surface area contributed by atoms with Crippen LogP contribution in [0.2, 0.25) is 5.22 Å². The first-order valence-corrected chi connectivity index (χ1v) is 6.31. The minimum Gasteiger partial charge on any atom is -0.453 e. The summed E-state index contributed by atoms with van der Waals surface area (Å²) in [6.45, 7) is 0. The molecule has 0 radical (unpaired) electrons. The molecule has 2 rings (SSSR count). The van der Waals surface area contributed by atoms with Crippen LogP contribution < -0.4 is 11.3 Å². The summed E-state index contributed by atoms with van der Waals surface area (Å²) in [5.74, 6) is 5.56. The highest BCUT2D eigenvalue weighted by Crippen LogP contribution is 2.26. The van der Waals surface area contributed by atoms with Gasteiger partial charge in [-0.2, -0.15) is 0 Å². The van der Waals surface area contributed by atoms with E-state index in [-0.39, 0.29) is 6.04 Å². The van der Waals surface area contributed by atoms with E-state index in [1.54, 1.807) is 6.26 Å². The molecule has 2 aromatic rings. The standard InChI is InChI=1S/C12H12BrClN2O/c13-9-3-1-2-8(6-9)7-11(16-15)10-4-5-17-12(10)14/h1-6,11,16H,7,15H2. The molecule has 0 bridgehead atoms. The van der Waals surface area contributed by atoms with Crippen LogP contribution in [0.3, 0.4) is 0 Å². The van der Waals surface area contributed by atoms with E-state index in [1.807, 2.05) is 24.3 Å². The third-order valence-corrected chi connectivity index (χ3v) is 3.35. The number of nitrogens with two attached hydrogens (primary N) is 1. The van der Waals surface area contributed by atoms with E-state index in [2.05, 4.69) is 27.4 Å². The summed E-state index contributed by atoms with van der Waals surface area (Å²) in [6.07, 6.45) is 2.30. The van der Waals surface area contributed by atoms with Gasteiger partial charge in [0.2, 0.25) is 0 Å². The van der Waals surface area contributed by atoms with Crippen LogP contribution in [0, 0.1) is 0 Å². The molecular formula is C12H12BrClN2O. The second kappa shape index (κ2) is 5.69. The molecule has 90 valence electrons. The van der Waals surface area contributed by atoms with Gasteiger partial charge >= 0.3 is 0 Å². The highest BCUT2D eigenvalue weighted by atomic mass is 79.9. The zero-order valence-corrected chi connectivity index (χ0v) is 11.3. The number of benzene rings is 1. The molecule has 1 heterocycles. The van der Waals surface area contributed by atoms with E-state index in [0.29, 0.717) is 5.22 Å². The molecular weight excluding hydrogens is 304 g/mol. The minimum absolute atomic E-state index is 0.0597. The predicted molar refractivity (Wildman–Crippen MR) is 71.6 cm³/mol. The predicted octanol–water partition coefficient (Wildman–Crippen LogP) is 3.44. The topological polar surface area (TPSA) is 51.2 Å². The van der Waals surface area contributed by atoms with Gasteiger partial charge in [0.25, 0.3) is 0 Å². The molecule has 0 aliphatic heterocycles. The summed E-state index contributed by atoms with van der Waals surface area (Å²) in [5.41, 5.74) is 4.79. The monoisotopic (exact) mass is 314 g/mol. The van der Waals surface area contributed by atoms with Gasteiger partial charge in [-0.05, 0) is 41.8 Å². The van der Waals surface area contributed by atoms with Crippen molar-refractivity contribution in [1.82, 2.24) is 5.43 Å². The van der Waals surface area contributed by atoms with Gasteiger partial charge in [-0.15, -0.1) is 0 Å². The first kappa shape index (κ1) is 12.6. The molecule has 0 aliphatic rings. The molecule has 1 aromatic carbocycles. The van der Waals surface area contributed by atoms with Crippen LogP contribution in [0.5, 0.6) is 0 Å². The van der Waals surface area contributed by atoms with Crippen LogP contribution in [0.4, 0.5) is 0 Å². The molecule has 5 heteroatoms. The summed E-state index contributed by atoms with van der Waals surface area (Å²) >= 11 is 9.38. The van der Waals surface area contributed by atoms with Crippen molar-refractivity contribution in [2.45, 2.75) is 12.5 Å². The van der Waals surface area contributed by atoms with E-state index in [0.717, 1.165) is 16.5 Å². The molecule has 0 saturated carbocycles. The van der Waals surface area contributed by atoms with Crippen molar-refractivity contribution in [3.05, 3.63) is 57.4 Å². The van der Waals surface area contributed by atoms with Crippen LogP contribution in [0.1, 0.15) is 17.2 Å². The average molecular weight is 316 g/mol. The number of rotatable bonds is 4. The zero-order chi connectivity index (χ0) is 12.3. The number of hydrogen-bond donors (Lipinski definition) is 2. The second-order valence-corrected chi connectivity index (χ2v) is 4.96. The number of halogens is 2. The first-order valence-electron chi connectivity index (χ1n) is 5.14. The molecule has 1 aromatic heterocycles. The van der Waals surface area contributed by atoms with Crippen molar-refractivity contribution in [2.75, 3.05) is 0 Å². The van der Waals surface area contributed by atoms with Crippen molar-refractivity contribution in [1.29, 1.82) is 0 Å². The van der Waals surface area contributed by atoms with Crippen molar-refractivity contribution in [3.8, 4) is 0 Å². The zero-order valence-electron chi connectivity index (χ0n) is 8.99. The quantitative estimate of drug-likeness (QED) is 0.671. The van der Waals surface area contributed by atoms with Crippen LogP contribution in [0.25, 0.3) is 0 Å². The minimum atomic E-state index is -0.0597. The number of hydrogen-bond acceptors (Lipinski definition) is 3. The summed E-state index contributed by atoms with van der Waals surface area (Å²) in [7, 11) is 0. The maximum absolute atomic E-state index is 5.94. The Morgan fingerprint density at radius 3 is 2.82 bits per heavy atom. The fourth-order valence-corrected chi connectivity index (χ4v) is 2.40. The normalized spacial score (nSPS) is 12.6. The Hall–Kier alpha value is -0.810. The highest BCUT2D eigenvalue weighted by Gasteiger charge is 2.16. The Bertz CT molecular complexity index is 501. The second-order valence-electron chi connectivity index (χ2n) is 3.70. The van der Waals surface area contributed by atoms with Crippen LogP contribution in [-0.2, 0) is 6.42 Å². The third-order valence-electron chi connectivity index (χ3n) is 2.55. The Labute approximate surface area is 113 Å². The van der Waals surface area contributed by atoms with Crippen LogP contribution in [0.15, 0.2) is 45.5 Å². The van der Waals surface area contributed by atoms with E-state index in [4.69, 9.17) is 21.9 Å². The SMILES string of the molecule is NNC(Cc1cccc(Br)c1)c1ccoc1Cl. The fraction of sp³-hybridized carbons (Fsp3) is 0.167. The lowest BCUT2D eigenvalue weighted by Crippen LogP contribution is -2.29. The molecule has 0 spiro atoms. The molecule has 3 nitrogen and oxygen atoms in total. The first-order chi connectivity index (χ1) is 8.20. The molecule has 17 heavy (non-hydrogen) atoms. The average Bonchev–Trinajstić information content (AvgIpc) is 2.72. The largest absolute Gasteiger partial charge is 0.453 e. The van der Waals surface area contributed by atoms with Crippen molar-refractivity contribution in [2.24, 2.45) is 5.84 Å². The number of hydrazine groups is 1. The Kier molecular flexibility index (Phi) is 4.23. The summed E-state index contributed by atoms with van der Waals surface area (Å²) in [6, 6.07) is 9.84. The van der Waals surface area contributed by atoms with Crippen molar-refractivity contribution >= 4 is 27.5 Å². The summed E-state index contributed by atoms with van der Waals surface area (Å²) in [5, 5.41) is 0.378. The fourth-order valence-electron chi connectivity index (χ4n) is 1.71. The van der Waals surface area contributed by atoms with Gasteiger partial charge in [0.15, 0.2) is 5.22 Å². The molecule has 1 atom stereocenters. The van der Waals surface area contributed by atoms with Crippen LogP contribution in [-0.4, -0.2) is 0 Å². The Morgan fingerprint density at radius 1 is 1.41 bits per heavy atom. The van der Waals surface area contributed by atoms with Gasteiger partial charge in [0.1, 0.15) is 0 Å². The van der Waals surface area contributed by atoms with Gasteiger partial charge in [0, 0.05) is 10.0 Å². The van der Waals surface area contributed by atoms with Crippen LogP contribution >= 0.6 is 27.5 Å². The molecule has 0 fully saturated rings. The number of furan rings is 1. The molecule has 0 amide bonds. The number of nitrogens with one attached hydrogen (secondary N) is 1. The lowest BCUT2D eigenvalue weighted by molar-refractivity contribution is 0.527. The van der Waals surface area contributed by atoms with E-state index >= 15 is 0 Å². The molecule has 0 aliphatic carbocycles. The molecule has 3 N–H and O–H groups in total. The Morgan fingerprint density at radius 2 is 2.24 bits per heavy atom. The van der Waals surface area contributed by atoms with Gasteiger partial charge in [-0.1, -0.05) is 28.1 Å². The van der Waals surface area contributed by atoms with Crippen molar-refractivity contribution < 1.29 is 4.42 Å². The Balaban J connectivity index is 2.19. The van der Waals surface area contributed by atoms with E-state index in [9.17, 15) is 0 Å². The van der Waals surface area contributed by atoms with Crippen molar-refractivity contribution in [3.63, 3.8) is 0 Å². The lowest BCUT2D eigenvalue weighted by Gasteiger charge is -2.14. The smallest absolute Gasteiger partial charge is 0.197 e. The maximum atomic E-state index is 5.94. The third kappa shape index (κ3) is 3.10. The maximum Gasteiger partial charge on any atom is 0.197 e. The summed E-state index contributed by atoms with van der Waals surface area (Å²) in [4.78, 5) is 0. The van der Waals surface area contributed by atoms with E-state index in [1.165, 1.54) is 5.56 Å². The lowest BCUT2D eigenvalue weighted by atomic mass is 10.0. The van der Waals surface area contributed by atoms with E-state index < -0.39 is 0 Å². The molecule has 0 saturated heterocycles. The van der Waals surface area contributed by atoms with Gasteiger partial charge in [-0.25, -0.2) is 0 Å². The molecule has 1 unspecified atom stereocenters. The van der Waals surface area contributed by atoms with Gasteiger partial charge in [-0.3, -0.25) is 11.3 Å².